The molecule has 25 heavy (non-hydrogen) atoms. The summed E-state index contributed by atoms with van der Waals surface area (Å²) in [7, 11) is 3.28. The van der Waals surface area contributed by atoms with Gasteiger partial charge in [0, 0.05) is 18.2 Å². The van der Waals surface area contributed by atoms with Gasteiger partial charge in [0.05, 0.1) is 25.9 Å². The second-order valence-electron chi connectivity index (χ2n) is 5.87. The predicted molar refractivity (Wildman–Crippen MR) is 101 cm³/mol. The predicted octanol–water partition coefficient (Wildman–Crippen LogP) is 4.38. The van der Waals surface area contributed by atoms with Crippen LogP contribution in [0.2, 0.25) is 0 Å². The number of methoxy groups -OCH3 is 2. The average Bonchev–Trinajstić information content (AvgIpc) is 3.12. The van der Waals surface area contributed by atoms with E-state index in [1.807, 2.05) is 18.2 Å². The van der Waals surface area contributed by atoms with Gasteiger partial charge in [0.15, 0.2) is 5.11 Å². The molecule has 1 fully saturated rings. The molecule has 2 aromatic rings. The van der Waals surface area contributed by atoms with Gasteiger partial charge < -0.3 is 19.7 Å². The van der Waals surface area contributed by atoms with Crippen LogP contribution in [-0.2, 0) is 0 Å². The zero-order valence-electron chi connectivity index (χ0n) is 14.3. The molecule has 1 saturated heterocycles. The Morgan fingerprint density at radius 2 is 2.00 bits per heavy atom. The number of halogens is 1. The first-order chi connectivity index (χ1) is 12.1. The van der Waals surface area contributed by atoms with Crippen molar-refractivity contribution in [2.75, 3.05) is 26.1 Å². The minimum Gasteiger partial charge on any atom is -0.497 e. The molecule has 0 aliphatic carbocycles. The quantitative estimate of drug-likeness (QED) is 0.819. The van der Waals surface area contributed by atoms with E-state index in [9.17, 15) is 4.39 Å². The number of rotatable bonds is 4. The number of para-hydroxylation sites is 1. The third kappa shape index (κ3) is 3.69. The second kappa shape index (κ2) is 7.70. The van der Waals surface area contributed by atoms with E-state index < -0.39 is 0 Å². The zero-order valence-corrected chi connectivity index (χ0v) is 15.1. The molecule has 1 heterocycles. The van der Waals surface area contributed by atoms with Crippen LogP contribution in [0.15, 0.2) is 42.5 Å². The summed E-state index contributed by atoms with van der Waals surface area (Å²) >= 11 is 5.54. The molecule has 132 valence electrons. The van der Waals surface area contributed by atoms with Crippen LogP contribution < -0.4 is 14.8 Å². The number of hydrogen-bond acceptors (Lipinski definition) is 3. The molecule has 0 spiro atoms. The van der Waals surface area contributed by atoms with Crippen molar-refractivity contribution in [2.24, 2.45) is 0 Å². The highest BCUT2D eigenvalue weighted by Crippen LogP contribution is 2.39. The summed E-state index contributed by atoms with van der Waals surface area (Å²) in [5, 5.41) is 3.55. The summed E-state index contributed by atoms with van der Waals surface area (Å²) in [4.78, 5) is 2.09. The molecule has 0 unspecified atom stereocenters. The molecular formula is C19H21FN2O2S. The van der Waals surface area contributed by atoms with Gasteiger partial charge in [-0.1, -0.05) is 12.1 Å². The van der Waals surface area contributed by atoms with Crippen LogP contribution in [0.3, 0.4) is 0 Å². The van der Waals surface area contributed by atoms with Crippen LogP contribution in [0.1, 0.15) is 24.4 Å². The van der Waals surface area contributed by atoms with Crippen molar-refractivity contribution in [2.45, 2.75) is 18.9 Å². The number of nitrogens with zero attached hydrogens (tertiary/aromatic N) is 1. The Morgan fingerprint density at radius 3 is 2.72 bits per heavy atom. The number of benzene rings is 2. The summed E-state index contributed by atoms with van der Waals surface area (Å²) in [6.45, 7) is 0.820. The number of likely N-dealkylation sites (tertiary alicyclic amines) is 1. The molecule has 0 radical (unpaired) electrons. The SMILES string of the molecule is COc1ccc([C@H]2CCCN2C(=S)Nc2ccccc2F)c(OC)c1. The lowest BCUT2D eigenvalue weighted by Crippen LogP contribution is -2.34. The van der Waals surface area contributed by atoms with Gasteiger partial charge in [-0.3, -0.25) is 0 Å². The number of thiocarbonyl (C=S) groups is 1. The van der Waals surface area contributed by atoms with Gasteiger partial charge in [0.25, 0.3) is 0 Å². The number of ether oxygens (including phenoxy) is 2. The van der Waals surface area contributed by atoms with E-state index in [1.165, 1.54) is 6.07 Å². The topological polar surface area (TPSA) is 33.7 Å². The van der Waals surface area contributed by atoms with E-state index >= 15 is 0 Å². The van der Waals surface area contributed by atoms with E-state index in [4.69, 9.17) is 21.7 Å². The summed E-state index contributed by atoms with van der Waals surface area (Å²) in [5.41, 5.74) is 1.44. The molecule has 2 aromatic carbocycles. The van der Waals surface area contributed by atoms with E-state index in [-0.39, 0.29) is 11.9 Å². The lowest BCUT2D eigenvalue weighted by molar-refractivity contribution is 0.362. The lowest BCUT2D eigenvalue weighted by atomic mass is 10.0. The van der Waals surface area contributed by atoms with Gasteiger partial charge in [-0.25, -0.2) is 4.39 Å². The first kappa shape index (κ1) is 17.5. The van der Waals surface area contributed by atoms with Crippen LogP contribution in [0, 0.1) is 5.82 Å². The van der Waals surface area contributed by atoms with Crippen molar-refractivity contribution < 1.29 is 13.9 Å². The molecule has 4 nitrogen and oxygen atoms in total. The molecule has 6 heteroatoms. The van der Waals surface area contributed by atoms with Gasteiger partial charge in [-0.05, 0) is 49.3 Å². The number of anilines is 1. The standard InChI is InChI=1S/C19H21FN2O2S/c1-23-13-9-10-14(18(12-13)24-2)17-8-5-11-22(17)19(25)21-16-7-4-3-6-15(16)20/h3-4,6-7,9-10,12,17H,5,8,11H2,1-2H3,(H,21,25)/t17-/m1/s1. The van der Waals surface area contributed by atoms with E-state index in [2.05, 4.69) is 10.2 Å². The largest absolute Gasteiger partial charge is 0.497 e. The third-order valence-corrected chi connectivity index (χ3v) is 4.77. The molecule has 0 aromatic heterocycles. The Morgan fingerprint density at radius 1 is 1.20 bits per heavy atom. The Bertz CT molecular complexity index is 769. The van der Waals surface area contributed by atoms with Gasteiger partial charge >= 0.3 is 0 Å². The van der Waals surface area contributed by atoms with Crippen LogP contribution in [0.4, 0.5) is 10.1 Å². The van der Waals surface area contributed by atoms with Gasteiger partial charge in [-0.2, -0.15) is 0 Å². The van der Waals surface area contributed by atoms with E-state index in [1.54, 1.807) is 32.4 Å². The molecule has 3 rings (SSSR count). The Balaban J connectivity index is 1.83. The highest BCUT2D eigenvalue weighted by molar-refractivity contribution is 7.80. The van der Waals surface area contributed by atoms with E-state index in [0.717, 1.165) is 36.4 Å². The van der Waals surface area contributed by atoms with Gasteiger partial charge in [0.1, 0.15) is 17.3 Å². The fraction of sp³-hybridized carbons (Fsp3) is 0.316. The maximum atomic E-state index is 13.9. The van der Waals surface area contributed by atoms with Crippen molar-refractivity contribution in [3.8, 4) is 11.5 Å². The van der Waals surface area contributed by atoms with Crippen molar-refractivity contribution in [1.82, 2.24) is 4.90 Å². The van der Waals surface area contributed by atoms with Crippen LogP contribution >= 0.6 is 12.2 Å². The molecular weight excluding hydrogens is 339 g/mol. The summed E-state index contributed by atoms with van der Waals surface area (Å²) in [5.74, 6) is 1.20. The maximum absolute atomic E-state index is 13.9. The molecule has 1 aliphatic rings. The van der Waals surface area contributed by atoms with Crippen molar-refractivity contribution in [1.29, 1.82) is 0 Å². The first-order valence-corrected chi connectivity index (χ1v) is 8.59. The van der Waals surface area contributed by atoms with E-state index in [0.29, 0.717) is 10.8 Å². The minimum absolute atomic E-state index is 0.0904. The van der Waals surface area contributed by atoms with Crippen molar-refractivity contribution in [3.05, 3.63) is 53.8 Å². The Kier molecular flexibility index (Phi) is 5.38. The Labute approximate surface area is 152 Å². The molecule has 0 bridgehead atoms. The zero-order chi connectivity index (χ0) is 17.8. The minimum atomic E-state index is -0.317. The molecule has 1 atom stereocenters. The molecule has 0 saturated carbocycles. The lowest BCUT2D eigenvalue weighted by Gasteiger charge is -2.29. The molecule has 1 N–H and O–H groups in total. The number of hydrogen-bond donors (Lipinski definition) is 1. The highest BCUT2D eigenvalue weighted by atomic mass is 32.1. The molecule has 0 amide bonds. The normalized spacial score (nSPS) is 16.6. The average molecular weight is 360 g/mol. The fourth-order valence-corrected chi connectivity index (χ4v) is 3.50. The van der Waals surface area contributed by atoms with Crippen LogP contribution in [-0.4, -0.2) is 30.8 Å². The summed E-state index contributed by atoms with van der Waals surface area (Å²) in [6, 6.07) is 12.4. The smallest absolute Gasteiger partial charge is 0.174 e. The highest BCUT2D eigenvalue weighted by Gasteiger charge is 2.30. The molecule has 1 aliphatic heterocycles. The third-order valence-electron chi connectivity index (χ3n) is 4.43. The fourth-order valence-electron chi connectivity index (χ4n) is 3.18. The van der Waals surface area contributed by atoms with Crippen molar-refractivity contribution >= 4 is 23.0 Å². The maximum Gasteiger partial charge on any atom is 0.174 e. The number of nitrogens with one attached hydrogen (secondary N) is 1. The first-order valence-electron chi connectivity index (χ1n) is 8.18. The van der Waals surface area contributed by atoms with Gasteiger partial charge in [0.2, 0.25) is 0 Å². The van der Waals surface area contributed by atoms with Gasteiger partial charge in [-0.15, -0.1) is 0 Å². The van der Waals surface area contributed by atoms with Crippen LogP contribution in [0.25, 0.3) is 0 Å². The second-order valence-corrected chi connectivity index (χ2v) is 6.26. The summed E-state index contributed by atoms with van der Waals surface area (Å²) in [6.07, 6.45) is 1.97. The summed E-state index contributed by atoms with van der Waals surface area (Å²) < 4.78 is 24.7. The monoisotopic (exact) mass is 360 g/mol. The van der Waals surface area contributed by atoms with Crippen LogP contribution in [0.5, 0.6) is 11.5 Å². The Hall–Kier alpha value is -2.34. The van der Waals surface area contributed by atoms with Crippen molar-refractivity contribution in [3.63, 3.8) is 0 Å².